The molecule has 2 aromatic rings. The molecular weight excluding hydrogens is 314 g/mol. The van der Waals surface area contributed by atoms with E-state index in [1.807, 2.05) is 75.4 Å². The number of carbonyl (C=O) groups is 2. The molecule has 1 N–H and O–H groups in total. The molecule has 0 saturated heterocycles. The largest absolute Gasteiger partial charge is 0.445 e. The van der Waals surface area contributed by atoms with Crippen LogP contribution in [0.1, 0.15) is 36.6 Å². The van der Waals surface area contributed by atoms with Crippen LogP contribution in [-0.2, 0) is 16.1 Å². The second-order valence-corrected chi connectivity index (χ2v) is 6.55. The summed E-state index contributed by atoms with van der Waals surface area (Å²) in [7, 11) is 0. The van der Waals surface area contributed by atoms with Gasteiger partial charge in [-0.05, 0) is 24.0 Å². The second-order valence-electron chi connectivity index (χ2n) is 6.55. The van der Waals surface area contributed by atoms with Gasteiger partial charge in [0.25, 0.3) is 0 Å². The van der Waals surface area contributed by atoms with Crippen LogP contribution < -0.4 is 5.32 Å². The van der Waals surface area contributed by atoms with Gasteiger partial charge in [-0.3, -0.25) is 0 Å². The number of alkyl carbamates (subject to hydrolysis) is 1. The lowest BCUT2D eigenvalue weighted by Crippen LogP contribution is -2.36. The van der Waals surface area contributed by atoms with Crippen molar-refractivity contribution in [2.75, 3.05) is 0 Å². The Morgan fingerprint density at radius 2 is 1.72 bits per heavy atom. The molecule has 0 aliphatic heterocycles. The molecule has 0 aliphatic rings. The molecule has 2 atom stereocenters. The number of carbonyl (C=O) groups excluding carboxylic acids is 2. The summed E-state index contributed by atoms with van der Waals surface area (Å²) in [6.45, 7) is 6.13. The van der Waals surface area contributed by atoms with Gasteiger partial charge in [0.1, 0.15) is 12.9 Å². The SMILES string of the molecule is Cc1ccc([C@@H](NC(=O)OCc2ccccc2)[C@H](C=O)C(C)C)cc1. The van der Waals surface area contributed by atoms with Gasteiger partial charge in [0.2, 0.25) is 0 Å². The monoisotopic (exact) mass is 339 g/mol. The standard InChI is InChI=1S/C21H25NO3/c1-15(2)19(13-23)20(18-11-9-16(3)10-12-18)22-21(24)25-14-17-7-5-4-6-8-17/h4-13,15,19-20H,14H2,1-3H3,(H,22,24)/t19-,20-/m1/s1. The topological polar surface area (TPSA) is 55.4 Å². The molecule has 0 heterocycles. The predicted molar refractivity (Wildman–Crippen MR) is 98.1 cm³/mol. The average molecular weight is 339 g/mol. The van der Waals surface area contributed by atoms with Gasteiger partial charge in [-0.15, -0.1) is 0 Å². The maximum atomic E-state index is 12.3. The molecule has 0 aromatic heterocycles. The smallest absolute Gasteiger partial charge is 0.407 e. The van der Waals surface area contributed by atoms with E-state index in [1.54, 1.807) is 0 Å². The van der Waals surface area contributed by atoms with Crippen LogP contribution in [0, 0.1) is 18.8 Å². The Kier molecular flexibility index (Phi) is 6.75. The minimum atomic E-state index is -0.526. The summed E-state index contributed by atoms with van der Waals surface area (Å²) >= 11 is 0. The third-order valence-electron chi connectivity index (χ3n) is 4.23. The Balaban J connectivity index is 2.10. The first-order valence-electron chi connectivity index (χ1n) is 8.50. The van der Waals surface area contributed by atoms with Gasteiger partial charge in [0.05, 0.1) is 6.04 Å². The van der Waals surface area contributed by atoms with E-state index in [2.05, 4.69) is 5.32 Å². The fourth-order valence-corrected chi connectivity index (χ4v) is 2.69. The van der Waals surface area contributed by atoms with E-state index in [1.165, 1.54) is 0 Å². The second kappa shape index (κ2) is 9.02. The van der Waals surface area contributed by atoms with E-state index < -0.39 is 12.1 Å². The number of aryl methyl sites for hydroxylation is 1. The molecule has 4 heteroatoms. The summed E-state index contributed by atoms with van der Waals surface area (Å²) in [5.74, 6) is -0.231. The van der Waals surface area contributed by atoms with Gasteiger partial charge in [-0.25, -0.2) is 4.79 Å². The van der Waals surface area contributed by atoms with Gasteiger partial charge in [0, 0.05) is 5.92 Å². The van der Waals surface area contributed by atoms with E-state index in [9.17, 15) is 9.59 Å². The number of aldehydes is 1. The molecule has 4 nitrogen and oxygen atoms in total. The van der Waals surface area contributed by atoms with Crippen LogP contribution in [0.2, 0.25) is 0 Å². The minimum Gasteiger partial charge on any atom is -0.445 e. The predicted octanol–water partition coefficient (Wildman–Crippen LogP) is 4.43. The van der Waals surface area contributed by atoms with Gasteiger partial charge in [-0.1, -0.05) is 74.0 Å². The van der Waals surface area contributed by atoms with E-state index >= 15 is 0 Å². The molecule has 25 heavy (non-hydrogen) atoms. The van der Waals surface area contributed by atoms with Gasteiger partial charge in [0.15, 0.2) is 0 Å². The van der Waals surface area contributed by atoms with E-state index in [4.69, 9.17) is 4.74 Å². The quantitative estimate of drug-likeness (QED) is 0.759. The van der Waals surface area contributed by atoms with Crippen LogP contribution in [-0.4, -0.2) is 12.4 Å². The minimum absolute atomic E-state index is 0.0956. The Labute approximate surface area is 149 Å². The molecule has 0 fully saturated rings. The lowest BCUT2D eigenvalue weighted by atomic mass is 9.85. The molecule has 2 rings (SSSR count). The zero-order valence-electron chi connectivity index (χ0n) is 14.9. The Morgan fingerprint density at radius 1 is 1.08 bits per heavy atom. The van der Waals surface area contributed by atoms with Crippen molar-refractivity contribution in [3.05, 3.63) is 71.3 Å². The van der Waals surface area contributed by atoms with Gasteiger partial charge < -0.3 is 14.8 Å². The number of rotatable bonds is 7. The van der Waals surface area contributed by atoms with Crippen molar-refractivity contribution in [2.24, 2.45) is 11.8 Å². The highest BCUT2D eigenvalue weighted by atomic mass is 16.5. The maximum Gasteiger partial charge on any atom is 0.407 e. The van der Waals surface area contributed by atoms with E-state index in [0.717, 1.165) is 23.0 Å². The maximum absolute atomic E-state index is 12.3. The fraction of sp³-hybridized carbons (Fsp3) is 0.333. The lowest BCUT2D eigenvalue weighted by Gasteiger charge is -2.27. The van der Waals surface area contributed by atoms with Crippen molar-refractivity contribution in [2.45, 2.75) is 33.4 Å². The van der Waals surface area contributed by atoms with Crippen LogP contribution in [0.15, 0.2) is 54.6 Å². The Morgan fingerprint density at radius 3 is 2.28 bits per heavy atom. The first kappa shape index (κ1) is 18.7. The summed E-state index contributed by atoms with van der Waals surface area (Å²) in [5.41, 5.74) is 2.94. The first-order valence-corrected chi connectivity index (χ1v) is 8.50. The highest BCUT2D eigenvalue weighted by Gasteiger charge is 2.27. The first-order chi connectivity index (χ1) is 12.0. The van der Waals surface area contributed by atoms with Crippen molar-refractivity contribution in [1.29, 1.82) is 0 Å². The molecule has 0 radical (unpaired) electrons. The highest BCUT2D eigenvalue weighted by Crippen LogP contribution is 2.27. The molecular formula is C21H25NO3. The molecule has 0 bridgehead atoms. The summed E-state index contributed by atoms with van der Waals surface area (Å²) in [5, 5.41) is 2.86. The van der Waals surface area contributed by atoms with Crippen molar-refractivity contribution in [3.8, 4) is 0 Å². The molecule has 0 spiro atoms. The molecule has 1 amide bonds. The zero-order valence-corrected chi connectivity index (χ0v) is 14.9. The lowest BCUT2D eigenvalue weighted by molar-refractivity contribution is -0.113. The summed E-state index contributed by atoms with van der Waals surface area (Å²) in [6, 6.07) is 16.9. The normalized spacial score (nSPS) is 13.1. The molecule has 2 aromatic carbocycles. The number of nitrogens with one attached hydrogen (secondary N) is 1. The van der Waals surface area contributed by atoms with Crippen molar-refractivity contribution in [3.63, 3.8) is 0 Å². The molecule has 0 saturated carbocycles. The number of ether oxygens (including phenoxy) is 1. The fourth-order valence-electron chi connectivity index (χ4n) is 2.69. The third kappa shape index (κ3) is 5.45. The molecule has 132 valence electrons. The molecule has 0 unspecified atom stereocenters. The van der Waals surface area contributed by atoms with Crippen LogP contribution in [0.3, 0.4) is 0 Å². The third-order valence-corrected chi connectivity index (χ3v) is 4.23. The van der Waals surface area contributed by atoms with Crippen molar-refractivity contribution in [1.82, 2.24) is 5.32 Å². The summed E-state index contributed by atoms with van der Waals surface area (Å²) < 4.78 is 5.31. The van der Waals surface area contributed by atoms with E-state index in [-0.39, 0.29) is 18.4 Å². The van der Waals surface area contributed by atoms with Gasteiger partial charge in [-0.2, -0.15) is 0 Å². The zero-order chi connectivity index (χ0) is 18.2. The molecule has 0 aliphatic carbocycles. The van der Waals surface area contributed by atoms with Gasteiger partial charge >= 0.3 is 6.09 Å². The van der Waals surface area contributed by atoms with Crippen LogP contribution >= 0.6 is 0 Å². The number of benzene rings is 2. The van der Waals surface area contributed by atoms with Crippen molar-refractivity contribution < 1.29 is 14.3 Å². The number of amides is 1. The Hall–Kier alpha value is -2.62. The van der Waals surface area contributed by atoms with Crippen LogP contribution in [0.4, 0.5) is 4.79 Å². The summed E-state index contributed by atoms with van der Waals surface area (Å²) in [6.07, 6.45) is 0.383. The Bertz CT molecular complexity index is 680. The number of hydrogen-bond acceptors (Lipinski definition) is 3. The van der Waals surface area contributed by atoms with E-state index in [0.29, 0.717) is 0 Å². The van der Waals surface area contributed by atoms with Crippen LogP contribution in [0.25, 0.3) is 0 Å². The van der Waals surface area contributed by atoms with Crippen LogP contribution in [0.5, 0.6) is 0 Å². The average Bonchev–Trinajstić information content (AvgIpc) is 2.61. The number of hydrogen-bond donors (Lipinski definition) is 1. The highest BCUT2D eigenvalue weighted by molar-refractivity contribution is 5.69. The summed E-state index contributed by atoms with van der Waals surface area (Å²) in [4.78, 5) is 23.9. The van der Waals surface area contributed by atoms with Crippen molar-refractivity contribution >= 4 is 12.4 Å².